The number of halogens is 4. The van der Waals surface area contributed by atoms with E-state index in [1.165, 1.54) is 13.2 Å². The smallest absolute Gasteiger partial charge is 0.383 e. The molecule has 0 radical (unpaired) electrons. The highest BCUT2D eigenvalue weighted by molar-refractivity contribution is 9.09. The number of rotatable bonds is 3. The molecule has 1 unspecified atom stereocenters. The summed E-state index contributed by atoms with van der Waals surface area (Å²) in [4.78, 5) is -0.0772. The standard InChI is InChI=1S/C9H10BrF3OS.C2H6/c1-5-6(7(10)4-14-2)3-8(15-5)9(11,12)13;1-2/h3,7H,4H2,1-2H3;1-2H3. The summed E-state index contributed by atoms with van der Waals surface area (Å²) < 4.78 is 42.1. The van der Waals surface area contributed by atoms with Crippen molar-refractivity contribution in [1.82, 2.24) is 0 Å². The highest BCUT2D eigenvalue weighted by Crippen LogP contribution is 2.40. The molecular formula is C11H16BrF3OS. The average Bonchev–Trinajstić information content (AvgIpc) is 2.63. The second kappa shape index (κ2) is 7.38. The molecular weight excluding hydrogens is 317 g/mol. The zero-order chi connectivity index (χ0) is 13.6. The summed E-state index contributed by atoms with van der Waals surface area (Å²) in [5.74, 6) is 0. The van der Waals surface area contributed by atoms with Gasteiger partial charge in [0.25, 0.3) is 0 Å². The maximum Gasteiger partial charge on any atom is 0.425 e. The molecule has 0 N–H and O–H groups in total. The number of thiophene rings is 1. The fraction of sp³-hybridized carbons (Fsp3) is 0.636. The SMILES string of the molecule is CC.COCC(Br)c1cc(C(F)(F)F)sc1C. The van der Waals surface area contributed by atoms with Gasteiger partial charge in [-0.25, -0.2) is 0 Å². The van der Waals surface area contributed by atoms with Crippen LogP contribution in [0.15, 0.2) is 6.07 Å². The van der Waals surface area contributed by atoms with E-state index >= 15 is 0 Å². The van der Waals surface area contributed by atoms with Crippen LogP contribution >= 0.6 is 27.3 Å². The van der Waals surface area contributed by atoms with E-state index in [0.29, 0.717) is 17.0 Å². The number of hydrogen-bond acceptors (Lipinski definition) is 2. The number of methoxy groups -OCH3 is 1. The molecule has 0 amide bonds. The van der Waals surface area contributed by atoms with Gasteiger partial charge in [0.05, 0.1) is 11.4 Å². The number of aryl methyl sites for hydroxylation is 1. The van der Waals surface area contributed by atoms with Crippen molar-refractivity contribution in [3.05, 3.63) is 21.4 Å². The van der Waals surface area contributed by atoms with E-state index in [2.05, 4.69) is 15.9 Å². The largest absolute Gasteiger partial charge is 0.425 e. The minimum absolute atomic E-state index is 0.185. The van der Waals surface area contributed by atoms with E-state index in [4.69, 9.17) is 4.74 Å². The molecule has 0 saturated carbocycles. The number of alkyl halides is 4. The Labute approximate surface area is 112 Å². The van der Waals surface area contributed by atoms with Crippen LogP contribution in [0.5, 0.6) is 0 Å². The zero-order valence-corrected chi connectivity index (χ0v) is 12.6. The maximum atomic E-state index is 12.4. The first kappa shape index (κ1) is 16.9. The normalized spacial score (nSPS) is 12.9. The van der Waals surface area contributed by atoms with Crippen molar-refractivity contribution in [3.63, 3.8) is 0 Å². The quantitative estimate of drug-likeness (QED) is 0.692. The van der Waals surface area contributed by atoms with Crippen LogP contribution in [0.2, 0.25) is 0 Å². The summed E-state index contributed by atoms with van der Waals surface area (Å²) in [5, 5.41) is 0. The molecule has 0 aliphatic rings. The summed E-state index contributed by atoms with van der Waals surface area (Å²) in [6.07, 6.45) is -4.26. The molecule has 1 heterocycles. The van der Waals surface area contributed by atoms with Gasteiger partial charge in [-0.3, -0.25) is 0 Å². The molecule has 0 saturated heterocycles. The highest BCUT2D eigenvalue weighted by atomic mass is 79.9. The summed E-state index contributed by atoms with van der Waals surface area (Å²) in [7, 11) is 1.51. The monoisotopic (exact) mass is 332 g/mol. The topological polar surface area (TPSA) is 9.23 Å². The van der Waals surface area contributed by atoms with Gasteiger partial charge in [-0.1, -0.05) is 29.8 Å². The summed E-state index contributed by atoms with van der Waals surface area (Å²) in [6.45, 7) is 6.04. The van der Waals surface area contributed by atoms with Crippen molar-refractivity contribution in [1.29, 1.82) is 0 Å². The Morgan fingerprint density at radius 1 is 1.41 bits per heavy atom. The minimum atomic E-state index is -4.26. The maximum absolute atomic E-state index is 12.4. The van der Waals surface area contributed by atoms with E-state index in [9.17, 15) is 13.2 Å². The van der Waals surface area contributed by atoms with Gasteiger partial charge in [0, 0.05) is 12.0 Å². The zero-order valence-electron chi connectivity index (χ0n) is 10.2. The Bertz CT molecular complexity index is 336. The van der Waals surface area contributed by atoms with Crippen LogP contribution in [0.1, 0.15) is 34.0 Å². The predicted octanol–water partition coefficient (Wildman–Crippen LogP) is 5.18. The molecule has 0 fully saturated rings. The van der Waals surface area contributed by atoms with Gasteiger partial charge in [-0.2, -0.15) is 13.2 Å². The Balaban J connectivity index is 0.00000121. The Morgan fingerprint density at radius 3 is 2.29 bits per heavy atom. The molecule has 100 valence electrons. The van der Waals surface area contributed by atoms with Crippen molar-refractivity contribution in [2.45, 2.75) is 31.8 Å². The van der Waals surface area contributed by atoms with Crippen molar-refractivity contribution in [2.24, 2.45) is 0 Å². The van der Waals surface area contributed by atoms with Crippen LogP contribution in [0, 0.1) is 6.92 Å². The van der Waals surface area contributed by atoms with Crippen LogP contribution < -0.4 is 0 Å². The first-order valence-electron chi connectivity index (χ1n) is 5.16. The van der Waals surface area contributed by atoms with E-state index in [1.54, 1.807) is 6.92 Å². The molecule has 1 nitrogen and oxygen atoms in total. The molecule has 1 rings (SSSR count). The van der Waals surface area contributed by atoms with E-state index in [1.807, 2.05) is 13.8 Å². The molecule has 0 bridgehead atoms. The summed E-state index contributed by atoms with van der Waals surface area (Å²) in [6, 6.07) is 1.18. The molecule has 17 heavy (non-hydrogen) atoms. The number of ether oxygens (including phenoxy) is 1. The fourth-order valence-corrected chi connectivity index (χ4v) is 3.02. The second-order valence-electron chi connectivity index (χ2n) is 3.04. The third kappa shape index (κ3) is 4.97. The lowest BCUT2D eigenvalue weighted by Crippen LogP contribution is -2.02. The van der Waals surface area contributed by atoms with E-state index in [0.717, 1.165) is 11.3 Å². The van der Waals surface area contributed by atoms with Crippen molar-refractivity contribution < 1.29 is 17.9 Å². The van der Waals surface area contributed by atoms with Crippen molar-refractivity contribution >= 4 is 27.3 Å². The molecule has 1 aromatic heterocycles. The molecule has 0 aliphatic carbocycles. The molecule has 0 aromatic carbocycles. The average molecular weight is 333 g/mol. The van der Waals surface area contributed by atoms with Gasteiger partial charge in [-0.05, 0) is 18.6 Å². The van der Waals surface area contributed by atoms with Crippen LogP contribution in [0.3, 0.4) is 0 Å². The van der Waals surface area contributed by atoms with Gasteiger partial charge >= 0.3 is 6.18 Å². The highest BCUT2D eigenvalue weighted by Gasteiger charge is 2.34. The van der Waals surface area contributed by atoms with Gasteiger partial charge in [0.15, 0.2) is 0 Å². The van der Waals surface area contributed by atoms with Crippen LogP contribution in [-0.4, -0.2) is 13.7 Å². The van der Waals surface area contributed by atoms with Gasteiger partial charge < -0.3 is 4.74 Å². The molecule has 0 aliphatic heterocycles. The van der Waals surface area contributed by atoms with Crippen LogP contribution in [0.4, 0.5) is 13.2 Å². The van der Waals surface area contributed by atoms with E-state index < -0.39 is 11.1 Å². The molecule has 0 spiro atoms. The van der Waals surface area contributed by atoms with E-state index in [-0.39, 0.29) is 4.83 Å². The van der Waals surface area contributed by atoms with Crippen LogP contribution in [0.25, 0.3) is 0 Å². The second-order valence-corrected chi connectivity index (χ2v) is 5.40. The molecule has 1 aromatic rings. The lowest BCUT2D eigenvalue weighted by Gasteiger charge is -2.07. The first-order valence-corrected chi connectivity index (χ1v) is 6.90. The summed E-state index contributed by atoms with van der Waals surface area (Å²) >= 11 is 4.06. The van der Waals surface area contributed by atoms with Crippen molar-refractivity contribution in [3.8, 4) is 0 Å². The Morgan fingerprint density at radius 2 is 1.94 bits per heavy atom. The summed E-state index contributed by atoms with van der Waals surface area (Å²) in [5.41, 5.74) is 0.647. The third-order valence-corrected chi connectivity index (χ3v) is 3.75. The van der Waals surface area contributed by atoms with Crippen LogP contribution in [-0.2, 0) is 10.9 Å². The molecule has 6 heteroatoms. The first-order chi connectivity index (χ1) is 7.86. The molecule has 1 atom stereocenters. The minimum Gasteiger partial charge on any atom is -0.383 e. The van der Waals surface area contributed by atoms with Gasteiger partial charge in [0.2, 0.25) is 0 Å². The predicted molar refractivity (Wildman–Crippen MR) is 69.0 cm³/mol. The number of hydrogen-bond donors (Lipinski definition) is 0. The lowest BCUT2D eigenvalue weighted by atomic mass is 10.2. The van der Waals surface area contributed by atoms with Gasteiger partial charge in [-0.15, -0.1) is 11.3 Å². The van der Waals surface area contributed by atoms with Gasteiger partial charge in [0.1, 0.15) is 4.88 Å². The van der Waals surface area contributed by atoms with Crippen molar-refractivity contribution in [2.75, 3.05) is 13.7 Å². The third-order valence-electron chi connectivity index (χ3n) is 1.89. The lowest BCUT2D eigenvalue weighted by molar-refractivity contribution is -0.134. The fourth-order valence-electron chi connectivity index (χ4n) is 1.18. The Kier molecular flexibility index (Phi) is 7.35. The Hall–Kier alpha value is -0.0700.